The molecule has 3 aliphatic rings. The molecule has 1 aromatic carbocycles. The van der Waals surface area contributed by atoms with Crippen LogP contribution in [0.3, 0.4) is 0 Å². The van der Waals surface area contributed by atoms with Crippen molar-refractivity contribution < 1.29 is 74.8 Å². The molecule has 456 valence electrons. The van der Waals surface area contributed by atoms with E-state index in [1.807, 2.05) is 33.9 Å². The van der Waals surface area contributed by atoms with E-state index in [2.05, 4.69) is 55.1 Å². The number of fused-ring (bicyclic) bond motifs is 1. The summed E-state index contributed by atoms with van der Waals surface area (Å²) in [6.45, 7) is 18.0. The van der Waals surface area contributed by atoms with Gasteiger partial charge in [-0.15, -0.1) is 9.42 Å². The average molecular weight is 1260 g/mol. The van der Waals surface area contributed by atoms with Crippen LogP contribution >= 0.6 is 15.0 Å². The Morgan fingerprint density at radius 1 is 0.952 bits per heavy atom. The van der Waals surface area contributed by atoms with Crippen LogP contribution in [0.4, 0.5) is 15.0 Å². The predicted octanol–water partition coefficient (Wildman–Crippen LogP) is 5.90. The first-order valence-electron chi connectivity index (χ1n) is 27.2. The molecule has 7 heterocycles. The Morgan fingerprint density at radius 2 is 1.70 bits per heavy atom. The quantitative estimate of drug-likeness (QED) is 0.0165. The molecule has 0 radical (unpaired) electrons. The maximum atomic E-state index is 17.1. The van der Waals surface area contributed by atoms with E-state index in [1.54, 1.807) is 41.4 Å². The van der Waals surface area contributed by atoms with Crippen LogP contribution < -0.4 is 21.1 Å². The smallest absolute Gasteiger partial charge is 0.450 e. The molecule has 0 aliphatic carbocycles. The Morgan fingerprint density at radius 3 is 2.40 bits per heavy atom. The minimum atomic E-state index is -4.23. The number of aliphatic hydroxyl groups is 1. The molecule has 0 saturated carbocycles. The van der Waals surface area contributed by atoms with Gasteiger partial charge in [-0.05, 0) is 66.5 Å². The molecule has 84 heavy (non-hydrogen) atoms. The Bertz CT molecular complexity index is 3330. The molecule has 8 rings (SSSR count). The van der Waals surface area contributed by atoms with Gasteiger partial charge in [0.05, 0.1) is 44.7 Å². The van der Waals surface area contributed by atoms with Gasteiger partial charge >= 0.3 is 21.1 Å². The summed E-state index contributed by atoms with van der Waals surface area (Å²) in [5, 5.41) is 16.0. The number of aliphatic hydroxyl groups excluding tert-OH is 1. The Labute approximate surface area is 491 Å². The third kappa shape index (κ3) is 15.2. The molecule has 4 aromatic heterocycles. The van der Waals surface area contributed by atoms with Crippen LogP contribution in [0.25, 0.3) is 27.0 Å². The summed E-state index contributed by atoms with van der Waals surface area (Å²) in [5.41, 5.74) is 0.774. The number of aryl methyl sites for hydroxylation is 1. The molecule has 27 nitrogen and oxygen atoms in total. The minimum Gasteiger partial charge on any atom is -0.450 e. The molecule has 3 amide bonds. The van der Waals surface area contributed by atoms with Crippen molar-refractivity contribution in [3.05, 3.63) is 88.4 Å². The fourth-order valence-electron chi connectivity index (χ4n) is 9.32. The highest BCUT2D eigenvalue weighted by atomic mass is 32.5. The van der Waals surface area contributed by atoms with Gasteiger partial charge in [-0.2, -0.15) is 0 Å². The zero-order valence-corrected chi connectivity index (χ0v) is 52.4. The number of alkyl halides is 1. The molecular weight excluding hydrogens is 1190 g/mol. The highest BCUT2D eigenvalue weighted by Gasteiger charge is 2.56. The lowest BCUT2D eigenvalue weighted by Crippen LogP contribution is -2.50. The van der Waals surface area contributed by atoms with Gasteiger partial charge in [-0.25, -0.2) is 35.7 Å². The van der Waals surface area contributed by atoms with E-state index < -0.39 is 111 Å². The van der Waals surface area contributed by atoms with Gasteiger partial charge in [0.25, 0.3) is 11.5 Å². The van der Waals surface area contributed by atoms with Crippen LogP contribution in [-0.4, -0.2) is 174 Å². The van der Waals surface area contributed by atoms with Crippen molar-refractivity contribution in [2.45, 2.75) is 133 Å². The minimum absolute atomic E-state index is 0.00115. The fourth-order valence-corrected chi connectivity index (χ4v) is 13.9. The lowest BCUT2D eigenvalue weighted by atomic mass is 10.1. The monoisotopic (exact) mass is 1260 g/mol. The number of benzene rings is 1. The first-order valence-corrected chi connectivity index (χ1v) is 37.5. The average Bonchev–Trinajstić information content (AvgIpc) is 3.18. The largest absolute Gasteiger partial charge is 0.695 e. The molecule has 10 atom stereocenters. The Kier molecular flexibility index (Phi) is 21.2. The fraction of sp³-hybridized carbons (Fsp3) is 0.588. The van der Waals surface area contributed by atoms with Gasteiger partial charge in [0.15, 0.2) is 44.2 Å². The number of rotatable bonds is 26. The van der Waals surface area contributed by atoms with Crippen molar-refractivity contribution in [3.8, 4) is 0 Å². The van der Waals surface area contributed by atoms with Crippen molar-refractivity contribution >= 4 is 89.1 Å². The van der Waals surface area contributed by atoms with Crippen LogP contribution in [0.2, 0.25) is 43.8 Å². The molecule has 2 unspecified atom stereocenters. The van der Waals surface area contributed by atoms with E-state index >= 15 is 4.39 Å². The number of ether oxygens (including phenoxy) is 4. The van der Waals surface area contributed by atoms with Gasteiger partial charge in [0.1, 0.15) is 68.4 Å². The molecule has 5 aromatic rings. The van der Waals surface area contributed by atoms with Crippen molar-refractivity contribution in [1.29, 1.82) is 0 Å². The van der Waals surface area contributed by atoms with Gasteiger partial charge in [0.2, 0.25) is 12.5 Å². The molecule has 2 fully saturated rings. The van der Waals surface area contributed by atoms with Crippen molar-refractivity contribution in [3.63, 3.8) is 0 Å². The number of carbonyl (C=O) groups excluding carboxylic acids is 3. The normalized spacial score (nSPS) is 22.8. The second-order valence-corrected chi connectivity index (χ2v) is 36.9. The summed E-state index contributed by atoms with van der Waals surface area (Å²) in [6, 6.07) is 9.51. The summed E-state index contributed by atoms with van der Waals surface area (Å²) in [7, 11) is -7.61. The van der Waals surface area contributed by atoms with E-state index in [4.69, 9.17) is 59.8 Å². The number of amides is 3. The van der Waals surface area contributed by atoms with Gasteiger partial charge < -0.3 is 57.6 Å². The number of hydrogen-bond donors (Lipinski definition) is 4. The topological polar surface area (TPSA) is 307 Å². The maximum absolute atomic E-state index is 17.1. The summed E-state index contributed by atoms with van der Waals surface area (Å²) < 4.78 is 88.7. The van der Waals surface area contributed by atoms with Crippen LogP contribution in [0.5, 0.6) is 0 Å². The van der Waals surface area contributed by atoms with Crippen molar-refractivity contribution in [2.75, 3.05) is 64.3 Å². The summed E-state index contributed by atoms with van der Waals surface area (Å²) in [4.78, 5) is 85.1. The predicted molar refractivity (Wildman–Crippen MR) is 311 cm³/mol. The highest BCUT2D eigenvalue weighted by molar-refractivity contribution is 8.07. The van der Waals surface area contributed by atoms with Gasteiger partial charge in [-0.3, -0.25) is 32.9 Å². The van der Waals surface area contributed by atoms with Crippen molar-refractivity contribution in [2.24, 2.45) is 0 Å². The zero-order chi connectivity index (χ0) is 60.7. The first-order chi connectivity index (χ1) is 39.8. The molecule has 33 heteroatoms. The van der Waals surface area contributed by atoms with Gasteiger partial charge in [-0.1, -0.05) is 58.6 Å². The number of alkyl carbamates (subject to hydrolysis) is 1. The number of nitrogens with one attached hydrogen (secondary N) is 2. The molecule has 2 saturated heterocycles. The third-order valence-corrected chi connectivity index (χ3v) is 23.7. The Balaban J connectivity index is 1.02. The molecular formula is C51H71FN11O16P2SSi2+. The summed E-state index contributed by atoms with van der Waals surface area (Å²) >= 11 is 6.11. The second kappa shape index (κ2) is 27.5. The lowest BCUT2D eigenvalue weighted by Gasteiger charge is -2.41. The standard InChI is InChI=1S/C51H70FN11O16P2SSi2/c1-51(2,3)84(8,9)79-41-34(26-64)75-49(63-30-57-39-45(63)58-29-60(47(39)67)19-21-71-31-59-36(65)24-54-50(68)72-22-23-83(5,6)7)42(41)78-81(82,73-20-17-53-4)74-27-35-40(77-80(69)70)38(52)48(76-35)62-25-33-16-13-18-61(43-37(33)44(62)56-28-55-43)46(66)32-14-11-10-12-15-32/h10-12,14-15,25,28-30,34-35,38,40-42,48-49,64H,13,16-24,26-27,31H2,1-3,5-9H3,(H2-,54,59,65,68,69,70)/p+1/t34-,35-,38-,40-,41-,42-,48-,49-,81?/m1/s1. The van der Waals surface area contributed by atoms with Crippen LogP contribution in [0.1, 0.15) is 55.6 Å². The molecule has 4 N–H and O–H groups in total. The van der Waals surface area contributed by atoms with Crippen molar-refractivity contribution in [1.82, 2.24) is 44.3 Å². The number of carbonyl (C=O) groups is 3. The summed E-state index contributed by atoms with van der Waals surface area (Å²) in [5.74, 6) is -0.485. The van der Waals surface area contributed by atoms with Gasteiger partial charge in [0, 0.05) is 30.9 Å². The SMILES string of the molecule is [C-]#[N+]CCOP(=S)(OC[C@H]1O[C@@H](n2cc3c4c(ncnc42)N(C(=O)c2ccccc2)CCC3)[C@H](F)[C@@H]1O[P+](=O)O)O[C@@H]1[C@H](O[Si](C)(C)C(C)(C)C)[C@@H](CO)O[C@H]1n1cnc2c(=O)n(CCOCNC(=O)CNC(=O)OCC[Si](C)(C)C)cnc21. The molecule has 0 bridgehead atoms. The van der Waals surface area contributed by atoms with Crippen LogP contribution in [-0.2, 0) is 75.6 Å². The number of hydrogen-bond acceptors (Lipinski definition) is 20. The zero-order valence-electron chi connectivity index (χ0n) is 47.8. The van der Waals surface area contributed by atoms with E-state index in [-0.39, 0.29) is 73.9 Å². The second-order valence-electron chi connectivity index (χ2n) is 22.8. The van der Waals surface area contributed by atoms with E-state index in [0.29, 0.717) is 41.7 Å². The number of nitrogens with zero attached hydrogens (tertiary/aromatic N) is 9. The summed E-state index contributed by atoms with van der Waals surface area (Å²) in [6.07, 6.45) is -5.87. The number of imidazole rings is 1. The third-order valence-electron chi connectivity index (χ3n) is 14.7. The molecule has 0 spiro atoms. The van der Waals surface area contributed by atoms with E-state index in [9.17, 15) is 33.7 Å². The lowest BCUT2D eigenvalue weighted by molar-refractivity contribution is -0.121. The number of halogens is 1. The van der Waals surface area contributed by atoms with Crippen LogP contribution in [0, 0.1) is 6.57 Å². The van der Waals surface area contributed by atoms with Crippen LogP contribution in [0.15, 0.2) is 60.3 Å². The Hall–Kier alpha value is -5.40. The number of anilines is 1. The number of aromatic nitrogens is 7. The van der Waals surface area contributed by atoms with E-state index in [1.165, 1.54) is 32.7 Å². The van der Waals surface area contributed by atoms with E-state index in [0.717, 1.165) is 6.04 Å². The first kappa shape index (κ1) is 64.6. The maximum Gasteiger partial charge on any atom is 0.695 e. The molecule has 3 aliphatic heterocycles. The highest BCUT2D eigenvalue weighted by Crippen LogP contribution is 2.56.